The third kappa shape index (κ3) is 2.76. The van der Waals surface area contributed by atoms with Gasteiger partial charge in [-0.15, -0.1) is 0 Å². The molecule has 2 aromatic rings. The van der Waals surface area contributed by atoms with Crippen molar-refractivity contribution in [1.29, 1.82) is 0 Å². The van der Waals surface area contributed by atoms with Crippen LogP contribution in [0.3, 0.4) is 0 Å². The van der Waals surface area contributed by atoms with Gasteiger partial charge in [-0.05, 0) is 24.3 Å². The SMILES string of the molecule is O=C(O)c1ccc(CNc2cccnc2Cl)o1. The van der Waals surface area contributed by atoms with Gasteiger partial charge in [0.05, 0.1) is 12.2 Å². The van der Waals surface area contributed by atoms with E-state index >= 15 is 0 Å². The van der Waals surface area contributed by atoms with E-state index in [0.717, 1.165) is 0 Å². The maximum Gasteiger partial charge on any atom is 0.371 e. The molecule has 0 bridgehead atoms. The van der Waals surface area contributed by atoms with Gasteiger partial charge >= 0.3 is 5.97 Å². The van der Waals surface area contributed by atoms with Crippen LogP contribution >= 0.6 is 11.6 Å². The lowest BCUT2D eigenvalue weighted by Crippen LogP contribution is -1.99. The number of halogens is 1. The summed E-state index contributed by atoms with van der Waals surface area (Å²) in [6.07, 6.45) is 1.59. The van der Waals surface area contributed by atoms with Crippen LogP contribution in [0, 0.1) is 0 Å². The molecule has 0 aliphatic carbocycles. The molecule has 0 fully saturated rings. The topological polar surface area (TPSA) is 75.4 Å². The number of nitrogens with zero attached hydrogens (tertiary/aromatic N) is 1. The molecule has 2 aromatic heterocycles. The molecular formula is C11H9ClN2O3. The molecule has 0 amide bonds. The quantitative estimate of drug-likeness (QED) is 0.818. The number of furan rings is 1. The van der Waals surface area contributed by atoms with E-state index in [-0.39, 0.29) is 5.76 Å². The van der Waals surface area contributed by atoms with Gasteiger partial charge in [0.1, 0.15) is 5.76 Å². The van der Waals surface area contributed by atoms with E-state index in [1.807, 2.05) is 0 Å². The largest absolute Gasteiger partial charge is 0.475 e. The first-order valence-electron chi connectivity index (χ1n) is 4.83. The van der Waals surface area contributed by atoms with Gasteiger partial charge in [0.15, 0.2) is 5.15 Å². The van der Waals surface area contributed by atoms with E-state index in [1.54, 1.807) is 24.4 Å². The van der Waals surface area contributed by atoms with Crippen LogP contribution in [0.25, 0.3) is 0 Å². The molecule has 0 saturated carbocycles. The Balaban J connectivity index is 2.02. The average molecular weight is 253 g/mol. The Morgan fingerprint density at radius 1 is 1.47 bits per heavy atom. The number of aromatic nitrogens is 1. The first-order chi connectivity index (χ1) is 8.16. The van der Waals surface area contributed by atoms with Crippen LogP contribution in [0.1, 0.15) is 16.3 Å². The molecular weight excluding hydrogens is 244 g/mol. The van der Waals surface area contributed by atoms with E-state index < -0.39 is 5.97 Å². The minimum absolute atomic E-state index is 0.0842. The molecule has 0 aromatic carbocycles. The number of aromatic carboxylic acids is 1. The monoisotopic (exact) mass is 252 g/mol. The molecule has 0 saturated heterocycles. The number of rotatable bonds is 4. The molecule has 5 nitrogen and oxygen atoms in total. The second kappa shape index (κ2) is 4.88. The van der Waals surface area contributed by atoms with Gasteiger partial charge < -0.3 is 14.8 Å². The Hall–Kier alpha value is -2.01. The number of carboxylic acid groups (broad SMARTS) is 1. The highest BCUT2D eigenvalue weighted by Gasteiger charge is 2.09. The first kappa shape index (κ1) is 11.5. The number of pyridine rings is 1. The lowest BCUT2D eigenvalue weighted by atomic mass is 10.4. The van der Waals surface area contributed by atoms with Gasteiger partial charge in [-0.25, -0.2) is 9.78 Å². The highest BCUT2D eigenvalue weighted by molar-refractivity contribution is 6.31. The van der Waals surface area contributed by atoms with Crippen LogP contribution in [-0.4, -0.2) is 16.1 Å². The van der Waals surface area contributed by atoms with Crippen LogP contribution in [0.4, 0.5) is 5.69 Å². The maximum atomic E-state index is 10.6. The predicted molar refractivity (Wildman–Crippen MR) is 62.2 cm³/mol. The van der Waals surface area contributed by atoms with E-state index in [4.69, 9.17) is 21.1 Å². The molecule has 2 N–H and O–H groups in total. The standard InChI is InChI=1S/C11H9ClN2O3/c12-10-8(2-1-5-13-10)14-6-7-3-4-9(17-7)11(15)16/h1-5,14H,6H2,(H,15,16). The summed E-state index contributed by atoms with van der Waals surface area (Å²) in [5.41, 5.74) is 0.669. The number of carboxylic acids is 1. The fourth-order valence-corrected chi connectivity index (χ4v) is 1.47. The van der Waals surface area contributed by atoms with Gasteiger partial charge in [-0.1, -0.05) is 11.6 Å². The smallest absolute Gasteiger partial charge is 0.371 e. The zero-order valence-electron chi connectivity index (χ0n) is 8.68. The zero-order valence-corrected chi connectivity index (χ0v) is 9.44. The fourth-order valence-electron chi connectivity index (χ4n) is 1.29. The fraction of sp³-hybridized carbons (Fsp3) is 0.0909. The van der Waals surface area contributed by atoms with Crippen molar-refractivity contribution >= 4 is 23.3 Å². The van der Waals surface area contributed by atoms with Crippen LogP contribution in [-0.2, 0) is 6.54 Å². The van der Waals surface area contributed by atoms with E-state index in [2.05, 4.69) is 10.3 Å². The van der Waals surface area contributed by atoms with Crippen LogP contribution in [0.15, 0.2) is 34.9 Å². The summed E-state index contributed by atoms with van der Waals surface area (Å²) in [4.78, 5) is 14.5. The summed E-state index contributed by atoms with van der Waals surface area (Å²) in [6, 6.07) is 6.53. The van der Waals surface area contributed by atoms with Gasteiger partial charge in [0.2, 0.25) is 5.76 Å². The average Bonchev–Trinajstić information content (AvgIpc) is 2.77. The van der Waals surface area contributed by atoms with Crippen LogP contribution in [0.2, 0.25) is 5.15 Å². The van der Waals surface area contributed by atoms with Crippen molar-refractivity contribution in [2.24, 2.45) is 0 Å². The Morgan fingerprint density at radius 3 is 2.94 bits per heavy atom. The summed E-state index contributed by atoms with van der Waals surface area (Å²) in [6.45, 7) is 0.346. The van der Waals surface area contributed by atoms with Gasteiger partial charge in [0, 0.05) is 6.20 Å². The molecule has 0 unspecified atom stereocenters. The van der Waals surface area contributed by atoms with Crippen molar-refractivity contribution in [1.82, 2.24) is 4.98 Å². The number of anilines is 1. The lowest BCUT2D eigenvalue weighted by Gasteiger charge is -2.04. The Kier molecular flexibility index (Phi) is 3.30. The highest BCUT2D eigenvalue weighted by Crippen LogP contribution is 2.18. The predicted octanol–water partition coefficient (Wildman–Crippen LogP) is 2.64. The Morgan fingerprint density at radius 2 is 2.29 bits per heavy atom. The van der Waals surface area contributed by atoms with E-state index in [1.165, 1.54) is 6.07 Å². The molecule has 0 aliphatic heterocycles. The molecule has 0 radical (unpaired) electrons. The summed E-state index contributed by atoms with van der Waals surface area (Å²) in [5, 5.41) is 12.0. The molecule has 0 atom stereocenters. The van der Waals surface area contributed by atoms with Gasteiger partial charge in [-0.3, -0.25) is 0 Å². The van der Waals surface area contributed by atoms with Crippen molar-refractivity contribution in [3.63, 3.8) is 0 Å². The first-order valence-corrected chi connectivity index (χ1v) is 5.21. The number of nitrogens with one attached hydrogen (secondary N) is 1. The minimum Gasteiger partial charge on any atom is -0.475 e. The van der Waals surface area contributed by atoms with Crippen molar-refractivity contribution in [2.75, 3.05) is 5.32 Å². The van der Waals surface area contributed by atoms with Gasteiger partial charge in [0.25, 0.3) is 0 Å². The van der Waals surface area contributed by atoms with Crippen LogP contribution in [0.5, 0.6) is 0 Å². The van der Waals surface area contributed by atoms with E-state index in [0.29, 0.717) is 23.1 Å². The molecule has 17 heavy (non-hydrogen) atoms. The normalized spacial score (nSPS) is 10.2. The van der Waals surface area contributed by atoms with Crippen molar-refractivity contribution in [3.05, 3.63) is 47.1 Å². The van der Waals surface area contributed by atoms with Crippen molar-refractivity contribution in [2.45, 2.75) is 6.54 Å². The number of hydrogen-bond donors (Lipinski definition) is 2. The molecule has 2 heterocycles. The third-order valence-electron chi connectivity index (χ3n) is 2.08. The number of carbonyl (C=O) groups is 1. The Labute approximate surface area is 102 Å². The number of hydrogen-bond acceptors (Lipinski definition) is 4. The molecule has 88 valence electrons. The van der Waals surface area contributed by atoms with E-state index in [9.17, 15) is 4.79 Å². The molecule has 0 spiro atoms. The van der Waals surface area contributed by atoms with Gasteiger partial charge in [-0.2, -0.15) is 0 Å². The molecule has 0 aliphatic rings. The summed E-state index contributed by atoms with van der Waals surface area (Å²) >= 11 is 5.85. The second-order valence-electron chi connectivity index (χ2n) is 3.27. The molecule has 6 heteroatoms. The zero-order chi connectivity index (χ0) is 12.3. The summed E-state index contributed by atoms with van der Waals surface area (Å²) in [5.74, 6) is -0.655. The third-order valence-corrected chi connectivity index (χ3v) is 2.39. The summed E-state index contributed by atoms with van der Waals surface area (Å²) in [7, 11) is 0. The maximum absolute atomic E-state index is 10.6. The highest BCUT2D eigenvalue weighted by atomic mass is 35.5. The van der Waals surface area contributed by atoms with Crippen molar-refractivity contribution in [3.8, 4) is 0 Å². The molecule has 2 rings (SSSR count). The second-order valence-corrected chi connectivity index (χ2v) is 3.62. The Bertz CT molecular complexity index is 539. The van der Waals surface area contributed by atoms with Crippen LogP contribution < -0.4 is 5.32 Å². The lowest BCUT2D eigenvalue weighted by molar-refractivity contribution is 0.0660. The van der Waals surface area contributed by atoms with Crippen molar-refractivity contribution < 1.29 is 14.3 Å². The summed E-state index contributed by atoms with van der Waals surface area (Å²) < 4.78 is 5.08. The minimum atomic E-state index is -1.09.